The Hall–Kier alpha value is -1.30. The highest BCUT2D eigenvalue weighted by molar-refractivity contribution is 5.93. The van der Waals surface area contributed by atoms with Crippen molar-refractivity contribution in [3.8, 4) is 0 Å². The Morgan fingerprint density at radius 1 is 1.50 bits per heavy atom. The molecule has 0 aromatic heterocycles. The maximum absolute atomic E-state index is 12.4. The van der Waals surface area contributed by atoms with E-state index in [1.54, 1.807) is 6.92 Å². The van der Waals surface area contributed by atoms with Gasteiger partial charge in [0.15, 0.2) is 5.84 Å². The molecule has 0 aromatic rings. The lowest BCUT2D eigenvalue weighted by Gasteiger charge is -2.33. The summed E-state index contributed by atoms with van der Waals surface area (Å²) in [7, 11) is 1.52. The molecule has 1 fully saturated rings. The highest BCUT2D eigenvalue weighted by Gasteiger charge is 2.36. The standard InChI is InChI=1S/C14H27N3O3/c1-4-14(2,20-3)13(18)16-11(12(15)17-19)10-8-6-5-7-9-10/h10-11,19H,4-9H2,1-3H3,(H2,15,17)(H,16,18). The monoisotopic (exact) mass is 285 g/mol. The summed E-state index contributed by atoms with van der Waals surface area (Å²) in [4.78, 5) is 12.4. The summed E-state index contributed by atoms with van der Waals surface area (Å²) in [6.45, 7) is 3.63. The van der Waals surface area contributed by atoms with Crippen LogP contribution in [0.1, 0.15) is 52.4 Å². The molecule has 2 unspecified atom stereocenters. The van der Waals surface area contributed by atoms with E-state index in [2.05, 4.69) is 10.5 Å². The predicted molar refractivity (Wildman–Crippen MR) is 77.6 cm³/mol. The second-order valence-corrected chi connectivity index (χ2v) is 5.66. The molecule has 1 saturated carbocycles. The van der Waals surface area contributed by atoms with Gasteiger partial charge in [-0.05, 0) is 32.1 Å². The number of amides is 1. The average molecular weight is 285 g/mol. The van der Waals surface area contributed by atoms with E-state index in [1.807, 2.05) is 6.92 Å². The number of hydrogen-bond donors (Lipinski definition) is 3. The van der Waals surface area contributed by atoms with Crippen molar-refractivity contribution in [1.29, 1.82) is 0 Å². The van der Waals surface area contributed by atoms with Gasteiger partial charge in [-0.2, -0.15) is 0 Å². The van der Waals surface area contributed by atoms with Crippen LogP contribution in [0.25, 0.3) is 0 Å². The van der Waals surface area contributed by atoms with Crippen molar-refractivity contribution < 1.29 is 14.7 Å². The number of methoxy groups -OCH3 is 1. The van der Waals surface area contributed by atoms with Crippen molar-refractivity contribution in [3.05, 3.63) is 0 Å². The molecule has 1 rings (SSSR count). The van der Waals surface area contributed by atoms with E-state index in [9.17, 15) is 4.79 Å². The Bertz CT molecular complexity index is 348. The van der Waals surface area contributed by atoms with E-state index in [0.717, 1.165) is 25.7 Å². The van der Waals surface area contributed by atoms with Crippen LogP contribution in [0.4, 0.5) is 0 Å². The first kappa shape index (κ1) is 16.8. The summed E-state index contributed by atoms with van der Waals surface area (Å²) in [5.74, 6) is 0.0750. The predicted octanol–water partition coefficient (Wildman–Crippen LogP) is 1.61. The molecule has 6 heteroatoms. The molecule has 4 N–H and O–H groups in total. The van der Waals surface area contributed by atoms with Crippen molar-refractivity contribution in [1.82, 2.24) is 5.32 Å². The van der Waals surface area contributed by atoms with Gasteiger partial charge in [-0.15, -0.1) is 0 Å². The first-order valence-corrected chi connectivity index (χ1v) is 7.32. The van der Waals surface area contributed by atoms with Crippen LogP contribution in [0.5, 0.6) is 0 Å². The van der Waals surface area contributed by atoms with E-state index in [0.29, 0.717) is 6.42 Å². The van der Waals surface area contributed by atoms with Gasteiger partial charge in [-0.25, -0.2) is 0 Å². The summed E-state index contributed by atoms with van der Waals surface area (Å²) in [6.07, 6.45) is 5.96. The topological polar surface area (TPSA) is 96.9 Å². The highest BCUT2D eigenvalue weighted by atomic mass is 16.5. The number of hydrogen-bond acceptors (Lipinski definition) is 4. The molecule has 0 bridgehead atoms. The number of carbonyl (C=O) groups excluding carboxylic acids is 1. The first-order chi connectivity index (χ1) is 9.48. The maximum atomic E-state index is 12.4. The molecule has 6 nitrogen and oxygen atoms in total. The van der Waals surface area contributed by atoms with Crippen LogP contribution in [0, 0.1) is 5.92 Å². The van der Waals surface area contributed by atoms with E-state index < -0.39 is 11.6 Å². The van der Waals surface area contributed by atoms with E-state index >= 15 is 0 Å². The van der Waals surface area contributed by atoms with Crippen molar-refractivity contribution >= 4 is 11.7 Å². The lowest BCUT2D eigenvalue weighted by molar-refractivity contribution is -0.142. The maximum Gasteiger partial charge on any atom is 0.252 e. The van der Waals surface area contributed by atoms with Gasteiger partial charge in [0, 0.05) is 7.11 Å². The van der Waals surface area contributed by atoms with Crippen molar-refractivity contribution in [3.63, 3.8) is 0 Å². The van der Waals surface area contributed by atoms with Gasteiger partial charge < -0.3 is 21.0 Å². The molecule has 0 heterocycles. The van der Waals surface area contributed by atoms with Crippen molar-refractivity contribution in [2.45, 2.75) is 64.0 Å². The summed E-state index contributed by atoms with van der Waals surface area (Å²) >= 11 is 0. The van der Waals surface area contributed by atoms with Crippen LogP contribution in [-0.4, -0.2) is 35.7 Å². The Morgan fingerprint density at radius 2 is 2.10 bits per heavy atom. The highest BCUT2D eigenvalue weighted by Crippen LogP contribution is 2.27. The minimum Gasteiger partial charge on any atom is -0.409 e. The van der Waals surface area contributed by atoms with Crippen LogP contribution < -0.4 is 11.1 Å². The minimum atomic E-state index is -0.886. The number of carbonyl (C=O) groups is 1. The molecule has 1 amide bonds. The summed E-state index contributed by atoms with van der Waals surface area (Å²) in [5, 5.41) is 14.9. The molecule has 0 radical (unpaired) electrons. The molecule has 20 heavy (non-hydrogen) atoms. The minimum absolute atomic E-state index is 0.0693. The molecule has 0 aliphatic heterocycles. The normalized spacial score (nSPS) is 22.1. The van der Waals surface area contributed by atoms with E-state index in [1.165, 1.54) is 13.5 Å². The van der Waals surface area contributed by atoms with Gasteiger partial charge in [0.05, 0.1) is 6.04 Å². The van der Waals surface area contributed by atoms with Crippen molar-refractivity contribution in [2.24, 2.45) is 16.8 Å². The molecule has 0 aromatic carbocycles. The molecule has 0 saturated heterocycles. The van der Waals surface area contributed by atoms with Crippen LogP contribution in [0.15, 0.2) is 5.16 Å². The Morgan fingerprint density at radius 3 is 2.55 bits per heavy atom. The zero-order chi connectivity index (χ0) is 15.2. The summed E-state index contributed by atoms with van der Waals surface area (Å²) in [5.41, 5.74) is 4.88. The largest absolute Gasteiger partial charge is 0.409 e. The molecule has 1 aliphatic rings. The van der Waals surface area contributed by atoms with Gasteiger partial charge in [0.25, 0.3) is 5.91 Å². The second kappa shape index (κ2) is 7.47. The first-order valence-electron chi connectivity index (χ1n) is 7.32. The lowest BCUT2D eigenvalue weighted by Crippen LogP contribution is -2.56. The number of nitrogens with zero attached hydrogens (tertiary/aromatic N) is 1. The third-order valence-electron chi connectivity index (χ3n) is 4.45. The van der Waals surface area contributed by atoms with Gasteiger partial charge in [-0.1, -0.05) is 31.3 Å². The molecule has 1 aliphatic carbocycles. The van der Waals surface area contributed by atoms with Crippen LogP contribution in [0.3, 0.4) is 0 Å². The van der Waals surface area contributed by atoms with Crippen molar-refractivity contribution in [2.75, 3.05) is 7.11 Å². The number of ether oxygens (including phenoxy) is 1. The molecule has 0 spiro atoms. The second-order valence-electron chi connectivity index (χ2n) is 5.66. The smallest absolute Gasteiger partial charge is 0.252 e. The zero-order valence-electron chi connectivity index (χ0n) is 12.7. The SMILES string of the molecule is CCC(C)(OC)C(=O)NC(C(N)=NO)C1CCCCC1. The Labute approximate surface area is 120 Å². The fraction of sp³-hybridized carbons (Fsp3) is 0.857. The molecular weight excluding hydrogens is 258 g/mol. The van der Waals surface area contributed by atoms with Crippen LogP contribution in [-0.2, 0) is 9.53 Å². The number of nitrogens with one attached hydrogen (secondary N) is 1. The fourth-order valence-electron chi connectivity index (χ4n) is 2.65. The summed E-state index contributed by atoms with van der Waals surface area (Å²) in [6, 6.07) is -0.422. The third-order valence-corrected chi connectivity index (χ3v) is 4.45. The van der Waals surface area contributed by atoms with Gasteiger partial charge in [-0.3, -0.25) is 4.79 Å². The average Bonchev–Trinajstić information content (AvgIpc) is 2.51. The Kier molecular flexibility index (Phi) is 6.26. The number of rotatable bonds is 6. The quantitative estimate of drug-likeness (QED) is 0.299. The van der Waals surface area contributed by atoms with Crippen LogP contribution in [0.2, 0.25) is 0 Å². The van der Waals surface area contributed by atoms with Gasteiger partial charge >= 0.3 is 0 Å². The molecule has 116 valence electrons. The number of oxime groups is 1. The fourth-order valence-corrected chi connectivity index (χ4v) is 2.65. The number of amidine groups is 1. The van der Waals surface area contributed by atoms with E-state index in [4.69, 9.17) is 15.7 Å². The number of nitrogens with two attached hydrogens (primary N) is 1. The Balaban J connectivity index is 2.82. The molecular formula is C14H27N3O3. The van der Waals surface area contributed by atoms with E-state index in [-0.39, 0.29) is 17.7 Å². The summed E-state index contributed by atoms with van der Waals surface area (Å²) < 4.78 is 5.30. The third kappa shape index (κ3) is 3.85. The molecule has 2 atom stereocenters. The lowest BCUT2D eigenvalue weighted by atomic mass is 9.83. The van der Waals surface area contributed by atoms with Crippen LogP contribution >= 0.6 is 0 Å². The van der Waals surface area contributed by atoms with Gasteiger partial charge in [0.1, 0.15) is 5.60 Å². The zero-order valence-corrected chi connectivity index (χ0v) is 12.7. The van der Waals surface area contributed by atoms with Gasteiger partial charge in [0.2, 0.25) is 0 Å².